The summed E-state index contributed by atoms with van der Waals surface area (Å²) in [6.07, 6.45) is 0. The molecule has 9 aromatic rings. The number of para-hydroxylation sites is 1. The highest BCUT2D eigenvalue weighted by Crippen LogP contribution is 2.52. The molecule has 3 heterocycles. The van der Waals surface area contributed by atoms with Crippen molar-refractivity contribution in [2.45, 2.75) is 0 Å². The first-order valence-corrected chi connectivity index (χ1v) is 15.7. The zero-order chi connectivity index (χ0) is 28.8. The third-order valence-electron chi connectivity index (χ3n) is 8.97. The average Bonchev–Trinajstić information content (AvgIpc) is 3.46. The van der Waals surface area contributed by atoms with Gasteiger partial charge in [-0.3, -0.25) is 4.90 Å². The topological polar surface area (TPSA) is 29.0 Å². The van der Waals surface area contributed by atoms with E-state index < -0.39 is 0 Å². The first kappa shape index (κ1) is 23.9. The van der Waals surface area contributed by atoms with Crippen molar-refractivity contribution in [3.63, 3.8) is 0 Å². The summed E-state index contributed by atoms with van der Waals surface area (Å²) in [6, 6.07) is 50.0. The number of hydrogen-bond donors (Lipinski definition) is 0. The van der Waals surface area contributed by atoms with E-state index in [4.69, 9.17) is 9.97 Å². The van der Waals surface area contributed by atoms with E-state index in [9.17, 15) is 0 Å². The Morgan fingerprint density at radius 1 is 0.455 bits per heavy atom. The van der Waals surface area contributed by atoms with Crippen molar-refractivity contribution in [3.8, 4) is 22.4 Å². The molecule has 0 fully saturated rings. The van der Waals surface area contributed by atoms with Crippen molar-refractivity contribution in [2.75, 3.05) is 4.90 Å². The second-order valence-corrected chi connectivity index (χ2v) is 12.5. The second-order valence-electron chi connectivity index (χ2n) is 11.4. The van der Waals surface area contributed by atoms with Crippen LogP contribution in [-0.2, 0) is 0 Å². The molecule has 0 N–H and O–H groups in total. The van der Waals surface area contributed by atoms with Gasteiger partial charge in [-0.1, -0.05) is 103 Å². The molecule has 7 aromatic carbocycles. The van der Waals surface area contributed by atoms with Gasteiger partial charge in [-0.2, -0.15) is 0 Å². The molecule has 0 spiro atoms. The number of anilines is 3. The predicted octanol–water partition coefficient (Wildman–Crippen LogP) is 11.4. The quantitative estimate of drug-likeness (QED) is 0.205. The fraction of sp³-hybridized carbons (Fsp3) is 0. The van der Waals surface area contributed by atoms with Crippen molar-refractivity contribution in [2.24, 2.45) is 0 Å². The summed E-state index contributed by atoms with van der Waals surface area (Å²) in [5.41, 5.74) is 7.64. The summed E-state index contributed by atoms with van der Waals surface area (Å²) < 4.78 is 2.55. The Bertz CT molecular complexity index is 2630. The maximum Gasteiger partial charge on any atom is 0.235 e. The third-order valence-corrected chi connectivity index (χ3v) is 10.1. The molecular formula is C40H23N3S. The van der Waals surface area contributed by atoms with Crippen molar-refractivity contribution >= 4 is 81.3 Å². The lowest BCUT2D eigenvalue weighted by Gasteiger charge is -2.32. The summed E-state index contributed by atoms with van der Waals surface area (Å²) in [7, 11) is 0. The minimum Gasteiger partial charge on any atom is -0.278 e. The second kappa shape index (κ2) is 8.96. The molecule has 0 aliphatic carbocycles. The summed E-state index contributed by atoms with van der Waals surface area (Å²) >= 11 is 1.83. The minimum absolute atomic E-state index is 0.675. The lowest BCUT2D eigenvalue weighted by atomic mass is 9.89. The number of hydrogen-bond acceptors (Lipinski definition) is 4. The van der Waals surface area contributed by atoms with E-state index in [0.717, 1.165) is 33.5 Å². The Labute approximate surface area is 257 Å². The Morgan fingerprint density at radius 2 is 1.14 bits per heavy atom. The molecule has 10 rings (SSSR count). The van der Waals surface area contributed by atoms with Crippen LogP contribution in [0.4, 0.5) is 17.3 Å². The molecule has 0 amide bonds. The Balaban J connectivity index is 1.33. The summed E-state index contributed by atoms with van der Waals surface area (Å²) in [6.45, 7) is 0. The van der Waals surface area contributed by atoms with Crippen LogP contribution in [0.5, 0.6) is 0 Å². The number of thiophene rings is 1. The van der Waals surface area contributed by atoms with Crippen molar-refractivity contribution in [3.05, 3.63) is 140 Å². The van der Waals surface area contributed by atoms with E-state index in [1.807, 2.05) is 11.3 Å². The number of fused-ring (bicyclic) bond motifs is 7. The van der Waals surface area contributed by atoms with Crippen LogP contribution in [0.2, 0.25) is 0 Å². The molecule has 0 saturated carbocycles. The number of benzene rings is 7. The van der Waals surface area contributed by atoms with E-state index in [2.05, 4.69) is 144 Å². The molecule has 3 nitrogen and oxygen atoms in total. The van der Waals surface area contributed by atoms with Gasteiger partial charge in [-0.05, 0) is 58.1 Å². The van der Waals surface area contributed by atoms with Crippen LogP contribution in [0, 0.1) is 0 Å². The van der Waals surface area contributed by atoms with Gasteiger partial charge in [0.05, 0.1) is 22.6 Å². The van der Waals surface area contributed by atoms with Crippen molar-refractivity contribution < 1.29 is 0 Å². The maximum absolute atomic E-state index is 5.49. The fourth-order valence-electron chi connectivity index (χ4n) is 7.05. The first-order valence-electron chi connectivity index (χ1n) is 14.8. The number of aromatic nitrogens is 2. The highest BCUT2D eigenvalue weighted by molar-refractivity contribution is 7.25. The SMILES string of the molecule is c1ccc2cc3c(cc2c1)-c1cccc2cccc(c12)N3c1nc(-c2cccc3sc4ccccc4c23)c2ccccc2n1. The predicted molar refractivity (Wildman–Crippen MR) is 187 cm³/mol. The normalized spacial score (nSPS) is 12.5. The minimum atomic E-state index is 0.675. The largest absolute Gasteiger partial charge is 0.278 e. The average molecular weight is 578 g/mol. The van der Waals surface area contributed by atoms with Crippen LogP contribution >= 0.6 is 11.3 Å². The van der Waals surface area contributed by atoms with E-state index in [1.54, 1.807) is 0 Å². The van der Waals surface area contributed by atoms with E-state index >= 15 is 0 Å². The Kier molecular flexibility index (Phi) is 4.87. The van der Waals surface area contributed by atoms with Gasteiger partial charge in [0.15, 0.2) is 0 Å². The molecule has 4 heteroatoms. The molecule has 0 radical (unpaired) electrons. The molecule has 204 valence electrons. The molecule has 0 bridgehead atoms. The van der Waals surface area contributed by atoms with Gasteiger partial charge in [0, 0.05) is 42.1 Å². The number of rotatable bonds is 2. The van der Waals surface area contributed by atoms with Gasteiger partial charge < -0.3 is 0 Å². The summed E-state index contributed by atoms with van der Waals surface area (Å²) in [5, 5.41) is 8.41. The van der Waals surface area contributed by atoms with Gasteiger partial charge in [0.1, 0.15) is 0 Å². The standard InChI is InChI=1S/C40H23N3S/c1-2-11-26-23-34-31(22-25(26)10-1)27-16-7-12-24-13-8-19-33(37(24)27)43(34)40-41-32-18-5-3-14-28(32)39(42-40)30-17-9-21-36-38(30)29-15-4-6-20-35(29)44-36/h1-23H. The lowest BCUT2D eigenvalue weighted by Crippen LogP contribution is -2.18. The monoisotopic (exact) mass is 577 g/mol. The highest BCUT2D eigenvalue weighted by atomic mass is 32.1. The van der Waals surface area contributed by atoms with Crippen LogP contribution in [0.3, 0.4) is 0 Å². The van der Waals surface area contributed by atoms with Gasteiger partial charge >= 0.3 is 0 Å². The van der Waals surface area contributed by atoms with E-state index in [-0.39, 0.29) is 0 Å². The van der Waals surface area contributed by atoms with Crippen molar-refractivity contribution in [1.82, 2.24) is 9.97 Å². The van der Waals surface area contributed by atoms with Crippen LogP contribution < -0.4 is 4.90 Å². The van der Waals surface area contributed by atoms with Crippen LogP contribution in [-0.4, -0.2) is 9.97 Å². The van der Waals surface area contributed by atoms with Crippen LogP contribution in [0.15, 0.2) is 140 Å². The molecule has 1 aliphatic rings. The van der Waals surface area contributed by atoms with Crippen LogP contribution in [0.25, 0.3) is 75.0 Å². The zero-order valence-electron chi connectivity index (χ0n) is 23.5. The van der Waals surface area contributed by atoms with E-state index in [1.165, 1.54) is 52.8 Å². The molecule has 0 saturated heterocycles. The zero-order valence-corrected chi connectivity index (χ0v) is 24.3. The molecule has 0 atom stereocenters. The molecule has 0 unspecified atom stereocenters. The Morgan fingerprint density at radius 3 is 2.05 bits per heavy atom. The van der Waals surface area contributed by atoms with Crippen molar-refractivity contribution in [1.29, 1.82) is 0 Å². The highest BCUT2D eigenvalue weighted by Gasteiger charge is 2.29. The smallest absolute Gasteiger partial charge is 0.235 e. The summed E-state index contributed by atoms with van der Waals surface area (Å²) in [4.78, 5) is 13.0. The fourth-order valence-corrected chi connectivity index (χ4v) is 8.18. The van der Waals surface area contributed by atoms with Gasteiger partial charge in [0.25, 0.3) is 0 Å². The molecule has 1 aliphatic heterocycles. The third kappa shape index (κ3) is 3.31. The molecule has 44 heavy (non-hydrogen) atoms. The number of nitrogens with zero attached hydrogens (tertiary/aromatic N) is 3. The first-order chi connectivity index (χ1) is 21.8. The Hall–Kier alpha value is -5.58. The van der Waals surface area contributed by atoms with E-state index in [0.29, 0.717) is 5.95 Å². The maximum atomic E-state index is 5.49. The van der Waals surface area contributed by atoms with Gasteiger partial charge in [-0.25, -0.2) is 9.97 Å². The lowest BCUT2D eigenvalue weighted by molar-refractivity contribution is 1.12. The molecule has 2 aromatic heterocycles. The van der Waals surface area contributed by atoms with Gasteiger partial charge in [-0.15, -0.1) is 11.3 Å². The van der Waals surface area contributed by atoms with Gasteiger partial charge in [0.2, 0.25) is 5.95 Å². The molecular weight excluding hydrogens is 555 g/mol. The summed E-state index contributed by atoms with van der Waals surface area (Å²) in [5.74, 6) is 0.675. The van der Waals surface area contributed by atoms with Crippen LogP contribution in [0.1, 0.15) is 0 Å².